The molecule has 0 aliphatic rings. The first kappa shape index (κ1) is 5.85. The standard InChI is InChI=1S/CH4B2NO2/c5-2-1-4-3-6/h4,6H,1H2. The molecule has 0 spiro atoms. The van der Waals surface area contributed by atoms with E-state index in [1.807, 2.05) is 0 Å². The van der Waals surface area contributed by atoms with Gasteiger partial charge in [-0.25, -0.2) is 0 Å². The van der Waals surface area contributed by atoms with Crippen molar-refractivity contribution >= 4 is 14.8 Å². The number of hydrogen-bond acceptors (Lipinski definition) is 3. The molecular formula is CH4B2NO2. The van der Waals surface area contributed by atoms with E-state index >= 15 is 0 Å². The fraction of sp³-hybridized carbons (Fsp3) is 1.00. The summed E-state index contributed by atoms with van der Waals surface area (Å²) in [5, 5.41) is 10.1. The minimum absolute atomic E-state index is 0.177. The van der Waals surface area contributed by atoms with Crippen molar-refractivity contribution in [2.24, 2.45) is 0 Å². The van der Waals surface area contributed by atoms with E-state index in [1.54, 1.807) is 0 Å². The van der Waals surface area contributed by atoms with Crippen LogP contribution in [-0.2, 0) is 4.70 Å². The molecule has 31 valence electrons. The van der Waals surface area contributed by atoms with E-state index < -0.39 is 0 Å². The summed E-state index contributed by atoms with van der Waals surface area (Å²) in [6, 6.07) is 0. The molecule has 0 aliphatic heterocycles. The summed E-state index contributed by atoms with van der Waals surface area (Å²) in [4.78, 5) is 0. The zero-order valence-corrected chi connectivity index (χ0v) is 3.22. The Kier molecular flexibility index (Phi) is 4.73. The normalized spacial score (nSPS) is 6.83. The van der Waals surface area contributed by atoms with E-state index in [0.717, 1.165) is 7.62 Å². The van der Waals surface area contributed by atoms with Gasteiger partial charge in [0.25, 0.3) is 0 Å². The summed E-state index contributed by atoms with van der Waals surface area (Å²) in [5.74, 6) is 0. The molecule has 2 N–H and O–H groups in total. The van der Waals surface area contributed by atoms with Crippen LogP contribution in [0.3, 0.4) is 0 Å². The van der Waals surface area contributed by atoms with Gasteiger partial charge in [-0.3, -0.25) is 0 Å². The van der Waals surface area contributed by atoms with Crippen LogP contribution in [0.1, 0.15) is 0 Å². The molecule has 3 nitrogen and oxygen atoms in total. The number of rotatable bonds is 3. The molecule has 0 rings (SSSR count). The second kappa shape index (κ2) is 4.85. The first-order valence-electron chi connectivity index (χ1n) is 1.54. The average molecular weight is 83.7 g/mol. The van der Waals surface area contributed by atoms with Crippen LogP contribution in [0.15, 0.2) is 0 Å². The SMILES string of the molecule is O=BCN[B]O. The van der Waals surface area contributed by atoms with Gasteiger partial charge in [-0.1, -0.05) is 0 Å². The predicted molar refractivity (Wildman–Crippen MR) is 22.4 cm³/mol. The molecule has 0 aromatic rings. The molecule has 0 fully saturated rings. The molecule has 0 aliphatic carbocycles. The summed E-state index contributed by atoms with van der Waals surface area (Å²) in [7, 11) is 1.39. The van der Waals surface area contributed by atoms with E-state index in [2.05, 4.69) is 5.23 Å². The van der Waals surface area contributed by atoms with Crippen molar-refractivity contribution in [3.8, 4) is 0 Å². The fourth-order valence-corrected chi connectivity index (χ4v) is 0.101. The molecule has 0 aromatic carbocycles. The summed E-state index contributed by atoms with van der Waals surface area (Å²) in [6.07, 6.45) is 0.177. The second-order valence-corrected chi connectivity index (χ2v) is 0.704. The molecular weight excluding hydrogens is 79.6 g/mol. The van der Waals surface area contributed by atoms with Crippen LogP contribution in [0.5, 0.6) is 0 Å². The van der Waals surface area contributed by atoms with Gasteiger partial charge in [0.1, 0.15) is 0 Å². The van der Waals surface area contributed by atoms with Gasteiger partial charge in [-0.05, 0) is 0 Å². The summed E-state index contributed by atoms with van der Waals surface area (Å²) >= 11 is 0. The third kappa shape index (κ3) is 3.85. The van der Waals surface area contributed by atoms with Crippen molar-refractivity contribution in [3.63, 3.8) is 0 Å². The third-order valence-corrected chi connectivity index (χ3v) is 0.292. The molecule has 0 bridgehead atoms. The Labute approximate surface area is 37.3 Å². The van der Waals surface area contributed by atoms with Gasteiger partial charge in [-0.2, -0.15) is 0 Å². The van der Waals surface area contributed by atoms with Gasteiger partial charge in [0.2, 0.25) is 0 Å². The number of hydrogen-bond donors (Lipinski definition) is 2. The molecule has 6 heavy (non-hydrogen) atoms. The van der Waals surface area contributed by atoms with Crippen LogP contribution in [0.2, 0.25) is 0 Å². The summed E-state index contributed by atoms with van der Waals surface area (Å²) in [6.45, 7) is 0. The zero-order valence-electron chi connectivity index (χ0n) is 3.22. The van der Waals surface area contributed by atoms with E-state index in [4.69, 9.17) is 5.02 Å². The number of nitrogens with one attached hydrogen (secondary N) is 1. The second-order valence-electron chi connectivity index (χ2n) is 0.704. The van der Waals surface area contributed by atoms with Crippen molar-refractivity contribution in [3.05, 3.63) is 0 Å². The van der Waals surface area contributed by atoms with E-state index in [0.29, 0.717) is 7.15 Å². The molecule has 1 radical (unpaired) electrons. The molecule has 5 heteroatoms. The Morgan fingerprint density at radius 3 is 2.67 bits per heavy atom. The monoisotopic (exact) mass is 84.0 g/mol. The van der Waals surface area contributed by atoms with Gasteiger partial charge in [0.05, 0.1) is 0 Å². The van der Waals surface area contributed by atoms with Crippen molar-refractivity contribution in [2.75, 3.05) is 6.44 Å². The van der Waals surface area contributed by atoms with Crippen molar-refractivity contribution < 1.29 is 9.73 Å². The van der Waals surface area contributed by atoms with Crippen molar-refractivity contribution in [1.29, 1.82) is 0 Å². The Morgan fingerprint density at radius 1 is 1.83 bits per heavy atom. The van der Waals surface area contributed by atoms with E-state index in [9.17, 15) is 4.70 Å². The van der Waals surface area contributed by atoms with Crippen LogP contribution < -0.4 is 5.23 Å². The van der Waals surface area contributed by atoms with Crippen LogP contribution in [-0.4, -0.2) is 26.2 Å². The average Bonchev–Trinajstić information content (AvgIpc) is 1.61. The quantitative estimate of drug-likeness (QED) is 0.310. The van der Waals surface area contributed by atoms with Crippen LogP contribution in [0, 0.1) is 0 Å². The van der Waals surface area contributed by atoms with Crippen molar-refractivity contribution in [2.45, 2.75) is 0 Å². The van der Waals surface area contributed by atoms with Crippen LogP contribution in [0.4, 0.5) is 0 Å². The Bertz CT molecular complexity index is 40.5. The molecule has 0 saturated carbocycles. The molecule has 0 aromatic heterocycles. The Hall–Kier alpha value is -0.150. The van der Waals surface area contributed by atoms with Crippen LogP contribution >= 0.6 is 0 Å². The molecule has 0 saturated heterocycles. The summed E-state index contributed by atoms with van der Waals surface area (Å²) < 4.78 is 9.37. The van der Waals surface area contributed by atoms with Gasteiger partial charge in [0.15, 0.2) is 0 Å². The first-order valence-corrected chi connectivity index (χ1v) is 1.54. The maximum absolute atomic E-state index is 9.37. The van der Waals surface area contributed by atoms with E-state index in [-0.39, 0.29) is 6.44 Å². The molecule has 0 amide bonds. The zero-order chi connectivity index (χ0) is 4.83. The Morgan fingerprint density at radius 2 is 2.50 bits per heavy atom. The van der Waals surface area contributed by atoms with Gasteiger partial charge >= 0.3 is 36.2 Å². The minimum atomic E-state index is 0.177. The van der Waals surface area contributed by atoms with Gasteiger partial charge in [0, 0.05) is 0 Å². The molecule has 0 heterocycles. The first-order chi connectivity index (χ1) is 2.91. The van der Waals surface area contributed by atoms with Gasteiger partial charge < -0.3 is 0 Å². The third-order valence-electron chi connectivity index (χ3n) is 0.292. The Balaban J connectivity index is 2.49. The van der Waals surface area contributed by atoms with Crippen LogP contribution in [0.25, 0.3) is 0 Å². The topological polar surface area (TPSA) is 49.3 Å². The molecule has 0 unspecified atom stereocenters. The summed E-state index contributed by atoms with van der Waals surface area (Å²) in [5.41, 5.74) is 0. The van der Waals surface area contributed by atoms with Crippen molar-refractivity contribution in [1.82, 2.24) is 5.23 Å². The maximum atomic E-state index is 9.37. The predicted octanol–water partition coefficient (Wildman–Crippen LogP) is -1.89. The fourth-order valence-electron chi connectivity index (χ4n) is 0.101. The van der Waals surface area contributed by atoms with Gasteiger partial charge in [-0.15, -0.1) is 0 Å². The molecule has 0 atom stereocenters. The van der Waals surface area contributed by atoms with E-state index in [1.165, 1.54) is 0 Å².